The standard InChI is InChI=1S/C20H35N/c1-2-3-4-5-6-7-8-9-10-11-15-18-21-19-20-16-13-12-14-17-20/h12-14,16-17,21H,2-11,15,18-19H2,1H3. The van der Waals surface area contributed by atoms with Crippen molar-refractivity contribution >= 4 is 0 Å². The number of unbranched alkanes of at least 4 members (excludes halogenated alkanes) is 10. The smallest absolute Gasteiger partial charge is 0.0205 e. The largest absolute Gasteiger partial charge is 0.313 e. The molecular weight excluding hydrogens is 254 g/mol. The third kappa shape index (κ3) is 11.5. The predicted molar refractivity (Wildman–Crippen MR) is 94.6 cm³/mol. The molecule has 1 aromatic carbocycles. The first-order chi connectivity index (χ1) is 10.4. The van der Waals surface area contributed by atoms with Crippen LogP contribution in [0.1, 0.15) is 83.1 Å². The van der Waals surface area contributed by atoms with Crippen molar-refractivity contribution in [3.63, 3.8) is 0 Å². The normalized spacial score (nSPS) is 10.9. The summed E-state index contributed by atoms with van der Waals surface area (Å²) in [6, 6.07) is 10.7. The van der Waals surface area contributed by atoms with Crippen molar-refractivity contribution in [1.82, 2.24) is 5.32 Å². The molecule has 1 nitrogen and oxygen atoms in total. The fourth-order valence-corrected chi connectivity index (χ4v) is 2.74. The minimum absolute atomic E-state index is 1.01. The summed E-state index contributed by atoms with van der Waals surface area (Å²) in [5.74, 6) is 0. The van der Waals surface area contributed by atoms with Crippen LogP contribution >= 0.6 is 0 Å². The van der Waals surface area contributed by atoms with Crippen molar-refractivity contribution in [3.8, 4) is 0 Å². The molecule has 1 aromatic rings. The molecule has 0 aliphatic carbocycles. The summed E-state index contributed by atoms with van der Waals surface area (Å²) in [4.78, 5) is 0. The van der Waals surface area contributed by atoms with E-state index in [9.17, 15) is 0 Å². The first-order valence-corrected chi connectivity index (χ1v) is 9.18. The highest BCUT2D eigenvalue weighted by molar-refractivity contribution is 5.14. The zero-order valence-corrected chi connectivity index (χ0v) is 14.1. The van der Waals surface area contributed by atoms with Crippen molar-refractivity contribution in [2.45, 2.75) is 84.1 Å². The second kappa shape index (κ2) is 14.1. The van der Waals surface area contributed by atoms with Crippen LogP contribution in [0.25, 0.3) is 0 Å². The van der Waals surface area contributed by atoms with E-state index < -0.39 is 0 Å². The van der Waals surface area contributed by atoms with Gasteiger partial charge in [0.25, 0.3) is 0 Å². The third-order valence-corrected chi connectivity index (χ3v) is 4.13. The van der Waals surface area contributed by atoms with Crippen molar-refractivity contribution in [1.29, 1.82) is 0 Å². The molecule has 0 aromatic heterocycles. The van der Waals surface area contributed by atoms with Gasteiger partial charge in [0, 0.05) is 6.54 Å². The Balaban J connectivity index is 1.75. The topological polar surface area (TPSA) is 12.0 Å². The van der Waals surface area contributed by atoms with Gasteiger partial charge in [0.1, 0.15) is 0 Å². The van der Waals surface area contributed by atoms with Gasteiger partial charge in [-0.25, -0.2) is 0 Å². The van der Waals surface area contributed by atoms with E-state index in [2.05, 4.69) is 42.6 Å². The Bertz CT molecular complexity index is 307. The lowest BCUT2D eigenvalue weighted by Gasteiger charge is -2.05. The van der Waals surface area contributed by atoms with Crippen molar-refractivity contribution < 1.29 is 0 Å². The molecule has 0 unspecified atom stereocenters. The SMILES string of the molecule is CCCCCCCCCCCCCNCc1ccccc1. The van der Waals surface area contributed by atoms with Crippen molar-refractivity contribution in [2.75, 3.05) is 6.54 Å². The molecule has 0 bridgehead atoms. The molecule has 0 aliphatic rings. The molecule has 0 saturated heterocycles. The highest BCUT2D eigenvalue weighted by Gasteiger charge is 1.94. The molecule has 0 saturated carbocycles. The fourth-order valence-electron chi connectivity index (χ4n) is 2.74. The Kier molecular flexibility index (Phi) is 12.3. The number of hydrogen-bond donors (Lipinski definition) is 1. The summed E-state index contributed by atoms with van der Waals surface area (Å²) in [5.41, 5.74) is 1.39. The maximum atomic E-state index is 3.53. The summed E-state index contributed by atoms with van der Waals surface area (Å²) in [6.07, 6.45) is 15.6. The molecule has 0 aliphatic heterocycles. The maximum absolute atomic E-state index is 3.53. The Morgan fingerprint density at radius 3 is 1.76 bits per heavy atom. The van der Waals surface area contributed by atoms with Crippen LogP contribution in [0.5, 0.6) is 0 Å². The molecule has 120 valence electrons. The summed E-state index contributed by atoms with van der Waals surface area (Å²) in [5, 5.41) is 3.53. The highest BCUT2D eigenvalue weighted by atomic mass is 14.8. The van der Waals surface area contributed by atoms with E-state index in [1.54, 1.807) is 0 Å². The number of hydrogen-bond acceptors (Lipinski definition) is 1. The van der Waals surface area contributed by atoms with E-state index in [1.807, 2.05) is 0 Å². The molecule has 0 amide bonds. The van der Waals surface area contributed by atoms with Gasteiger partial charge in [0.2, 0.25) is 0 Å². The lowest BCUT2D eigenvalue weighted by atomic mass is 10.1. The molecule has 0 radical (unpaired) electrons. The van der Waals surface area contributed by atoms with Crippen molar-refractivity contribution in [2.24, 2.45) is 0 Å². The zero-order chi connectivity index (χ0) is 15.0. The van der Waals surface area contributed by atoms with Gasteiger partial charge in [0.05, 0.1) is 0 Å². The molecule has 0 fully saturated rings. The van der Waals surface area contributed by atoms with Gasteiger partial charge in [0.15, 0.2) is 0 Å². The van der Waals surface area contributed by atoms with Gasteiger partial charge in [-0.15, -0.1) is 0 Å². The van der Waals surface area contributed by atoms with E-state index in [0.29, 0.717) is 0 Å². The van der Waals surface area contributed by atoms with E-state index in [0.717, 1.165) is 13.1 Å². The Morgan fingerprint density at radius 2 is 1.19 bits per heavy atom. The molecule has 1 rings (SSSR count). The second-order valence-electron chi connectivity index (χ2n) is 6.20. The quantitative estimate of drug-likeness (QED) is 0.409. The number of rotatable bonds is 14. The van der Waals surface area contributed by atoms with Crippen LogP contribution in [0, 0.1) is 0 Å². The average molecular weight is 290 g/mol. The fraction of sp³-hybridized carbons (Fsp3) is 0.700. The third-order valence-electron chi connectivity index (χ3n) is 4.13. The monoisotopic (exact) mass is 289 g/mol. The Labute approximate surface area is 132 Å². The van der Waals surface area contributed by atoms with Crippen LogP contribution in [-0.4, -0.2) is 6.54 Å². The summed E-state index contributed by atoms with van der Waals surface area (Å²) < 4.78 is 0. The Morgan fingerprint density at radius 1 is 0.667 bits per heavy atom. The first kappa shape index (κ1) is 18.2. The van der Waals surface area contributed by atoms with Gasteiger partial charge in [-0.3, -0.25) is 0 Å². The van der Waals surface area contributed by atoms with Gasteiger partial charge in [-0.2, -0.15) is 0 Å². The summed E-state index contributed by atoms with van der Waals surface area (Å²) >= 11 is 0. The second-order valence-corrected chi connectivity index (χ2v) is 6.20. The zero-order valence-electron chi connectivity index (χ0n) is 14.1. The summed E-state index contributed by atoms with van der Waals surface area (Å²) in [7, 11) is 0. The van der Waals surface area contributed by atoms with E-state index >= 15 is 0 Å². The molecule has 1 N–H and O–H groups in total. The molecular formula is C20H35N. The minimum atomic E-state index is 1.01. The molecule has 0 heterocycles. The maximum Gasteiger partial charge on any atom is 0.0205 e. The van der Waals surface area contributed by atoms with Gasteiger partial charge in [-0.1, -0.05) is 101 Å². The van der Waals surface area contributed by atoms with Gasteiger partial charge >= 0.3 is 0 Å². The van der Waals surface area contributed by atoms with Crippen LogP contribution in [0.4, 0.5) is 0 Å². The average Bonchev–Trinajstić information content (AvgIpc) is 2.53. The van der Waals surface area contributed by atoms with Crippen LogP contribution in [-0.2, 0) is 6.54 Å². The van der Waals surface area contributed by atoms with Crippen LogP contribution in [0.3, 0.4) is 0 Å². The first-order valence-electron chi connectivity index (χ1n) is 9.18. The van der Waals surface area contributed by atoms with Crippen LogP contribution in [0.15, 0.2) is 30.3 Å². The molecule has 0 spiro atoms. The van der Waals surface area contributed by atoms with Crippen molar-refractivity contribution in [3.05, 3.63) is 35.9 Å². The van der Waals surface area contributed by atoms with Gasteiger partial charge in [-0.05, 0) is 18.5 Å². The van der Waals surface area contributed by atoms with E-state index in [-0.39, 0.29) is 0 Å². The highest BCUT2D eigenvalue weighted by Crippen LogP contribution is 2.11. The lowest BCUT2D eigenvalue weighted by molar-refractivity contribution is 0.539. The van der Waals surface area contributed by atoms with Gasteiger partial charge < -0.3 is 5.32 Å². The van der Waals surface area contributed by atoms with Crippen LogP contribution in [0.2, 0.25) is 0 Å². The minimum Gasteiger partial charge on any atom is -0.313 e. The predicted octanol–water partition coefficient (Wildman–Crippen LogP) is 6.09. The Hall–Kier alpha value is -0.820. The van der Waals surface area contributed by atoms with E-state index in [4.69, 9.17) is 0 Å². The van der Waals surface area contributed by atoms with Crippen LogP contribution < -0.4 is 5.32 Å². The van der Waals surface area contributed by atoms with E-state index in [1.165, 1.54) is 76.2 Å². The molecule has 1 heteroatoms. The summed E-state index contributed by atoms with van der Waals surface area (Å²) in [6.45, 7) is 4.46. The number of benzene rings is 1. The molecule has 0 atom stereocenters. The lowest BCUT2D eigenvalue weighted by Crippen LogP contribution is -2.14. The molecule has 21 heavy (non-hydrogen) atoms. The number of nitrogens with one attached hydrogen (secondary N) is 1.